The molecule has 2 aliphatic heterocycles. The molecule has 1 aromatic rings. The second kappa shape index (κ2) is 8.25. The molecule has 140 valence electrons. The van der Waals surface area contributed by atoms with Crippen molar-refractivity contribution >= 4 is 0 Å². The number of hydrogen-bond donors (Lipinski definition) is 0. The van der Waals surface area contributed by atoms with Gasteiger partial charge in [0.2, 0.25) is 0 Å². The zero-order chi connectivity index (χ0) is 18.0. The summed E-state index contributed by atoms with van der Waals surface area (Å²) < 4.78 is 0. The van der Waals surface area contributed by atoms with Crippen LogP contribution in [0.4, 0.5) is 0 Å². The lowest BCUT2D eigenvalue weighted by molar-refractivity contribution is 0.0517. The van der Waals surface area contributed by atoms with Crippen molar-refractivity contribution in [3.8, 4) is 0 Å². The Kier molecular flexibility index (Phi) is 6.25. The van der Waals surface area contributed by atoms with Crippen molar-refractivity contribution in [1.82, 2.24) is 4.90 Å². The summed E-state index contributed by atoms with van der Waals surface area (Å²) in [6.45, 7) is 14.5. The zero-order valence-electron chi connectivity index (χ0n) is 17.3. The Labute approximate surface area is 156 Å². The zero-order valence-corrected chi connectivity index (χ0v) is 17.3. The van der Waals surface area contributed by atoms with Gasteiger partial charge in [-0.1, -0.05) is 52.7 Å². The number of piperidine rings is 1. The van der Waals surface area contributed by atoms with Crippen molar-refractivity contribution < 1.29 is 0 Å². The van der Waals surface area contributed by atoms with Crippen LogP contribution in [0.1, 0.15) is 88.1 Å². The van der Waals surface area contributed by atoms with Gasteiger partial charge in [-0.25, -0.2) is 0 Å². The molecule has 1 aromatic carbocycles. The van der Waals surface area contributed by atoms with E-state index >= 15 is 0 Å². The summed E-state index contributed by atoms with van der Waals surface area (Å²) in [6, 6.07) is 5.82. The topological polar surface area (TPSA) is 3.24 Å². The third-order valence-corrected chi connectivity index (χ3v) is 6.76. The lowest BCUT2D eigenvalue weighted by Crippen LogP contribution is -2.45. The third kappa shape index (κ3) is 4.30. The van der Waals surface area contributed by atoms with Crippen LogP contribution in [0, 0.1) is 24.7 Å². The fourth-order valence-corrected chi connectivity index (χ4v) is 5.24. The van der Waals surface area contributed by atoms with Crippen LogP contribution >= 0.6 is 0 Å². The van der Waals surface area contributed by atoms with E-state index in [1.54, 1.807) is 16.7 Å². The molecule has 0 bridgehead atoms. The Morgan fingerprint density at radius 1 is 1.20 bits per heavy atom. The normalized spacial score (nSPS) is 26.6. The second-order valence-electron chi connectivity index (χ2n) is 9.30. The Hall–Kier alpha value is -0.820. The highest BCUT2D eigenvalue weighted by molar-refractivity contribution is 5.41. The largest absolute Gasteiger partial charge is 0.296 e. The number of benzene rings is 1. The van der Waals surface area contributed by atoms with Crippen LogP contribution in [-0.2, 0) is 12.8 Å². The average Bonchev–Trinajstić information content (AvgIpc) is 2.56. The fraction of sp³-hybridized carbons (Fsp3) is 0.750. The minimum atomic E-state index is 0.686. The maximum atomic E-state index is 2.81. The summed E-state index contributed by atoms with van der Waals surface area (Å²) in [7, 11) is 0. The molecular weight excluding hydrogens is 302 g/mol. The van der Waals surface area contributed by atoms with Gasteiger partial charge in [0.25, 0.3) is 0 Å². The van der Waals surface area contributed by atoms with E-state index in [2.05, 4.69) is 51.7 Å². The molecule has 1 nitrogen and oxygen atoms in total. The van der Waals surface area contributed by atoms with Crippen LogP contribution < -0.4 is 0 Å². The Morgan fingerprint density at radius 2 is 2.00 bits per heavy atom. The number of fused-ring (bicyclic) bond motifs is 3. The number of hydrogen-bond acceptors (Lipinski definition) is 1. The Morgan fingerprint density at radius 3 is 2.72 bits per heavy atom. The van der Waals surface area contributed by atoms with Crippen molar-refractivity contribution in [2.45, 2.75) is 85.6 Å². The van der Waals surface area contributed by atoms with Crippen molar-refractivity contribution in [2.75, 3.05) is 13.1 Å². The fourth-order valence-electron chi connectivity index (χ4n) is 5.24. The standard InChI is InChI=1S/C24H39N/c1-6-7-8-9-20-15-21-10-11-25-16-22(12-17(2)3)19(5)14-24(25)23(21)13-18(20)4/h13,15,17,19,22,24H,6-12,14,16H2,1-5H3. The molecule has 1 heteroatoms. The number of aryl methyl sites for hydroxylation is 2. The monoisotopic (exact) mass is 341 g/mol. The quantitative estimate of drug-likeness (QED) is 0.546. The summed E-state index contributed by atoms with van der Waals surface area (Å²) in [5, 5.41) is 0. The Balaban J connectivity index is 1.76. The van der Waals surface area contributed by atoms with E-state index in [0.717, 1.165) is 17.8 Å². The van der Waals surface area contributed by atoms with Crippen molar-refractivity contribution in [3.63, 3.8) is 0 Å². The van der Waals surface area contributed by atoms with E-state index in [1.165, 1.54) is 63.6 Å². The first-order valence-corrected chi connectivity index (χ1v) is 10.9. The maximum absolute atomic E-state index is 2.81. The molecular formula is C24H39N. The van der Waals surface area contributed by atoms with Gasteiger partial charge in [0, 0.05) is 19.1 Å². The molecule has 25 heavy (non-hydrogen) atoms. The average molecular weight is 342 g/mol. The summed E-state index contributed by atoms with van der Waals surface area (Å²) in [5.74, 6) is 2.58. The molecule has 0 radical (unpaired) electrons. The summed E-state index contributed by atoms with van der Waals surface area (Å²) in [5.41, 5.74) is 6.47. The minimum absolute atomic E-state index is 0.686. The molecule has 0 spiro atoms. The summed E-state index contributed by atoms with van der Waals surface area (Å²) in [6.07, 6.45) is 9.31. The van der Waals surface area contributed by atoms with E-state index in [9.17, 15) is 0 Å². The highest BCUT2D eigenvalue weighted by Gasteiger charge is 2.37. The molecule has 3 rings (SSSR count). The molecule has 0 saturated carbocycles. The van der Waals surface area contributed by atoms with Gasteiger partial charge in [-0.05, 0) is 79.0 Å². The molecule has 0 aliphatic carbocycles. The highest BCUT2D eigenvalue weighted by atomic mass is 15.2. The van der Waals surface area contributed by atoms with Gasteiger partial charge in [0.15, 0.2) is 0 Å². The van der Waals surface area contributed by atoms with E-state index in [0.29, 0.717) is 6.04 Å². The van der Waals surface area contributed by atoms with Gasteiger partial charge in [-0.2, -0.15) is 0 Å². The lowest BCUT2D eigenvalue weighted by atomic mass is 9.74. The van der Waals surface area contributed by atoms with Crippen molar-refractivity contribution in [3.05, 3.63) is 34.4 Å². The van der Waals surface area contributed by atoms with Gasteiger partial charge in [0.1, 0.15) is 0 Å². The van der Waals surface area contributed by atoms with E-state index in [1.807, 2.05) is 0 Å². The Bertz CT molecular complexity index is 574. The van der Waals surface area contributed by atoms with Gasteiger partial charge in [-0.15, -0.1) is 0 Å². The first-order valence-electron chi connectivity index (χ1n) is 10.9. The van der Waals surface area contributed by atoms with Crippen LogP contribution in [0.15, 0.2) is 12.1 Å². The van der Waals surface area contributed by atoms with E-state index < -0.39 is 0 Å². The number of nitrogens with zero attached hydrogens (tertiary/aromatic N) is 1. The smallest absolute Gasteiger partial charge is 0.0353 e. The second-order valence-corrected chi connectivity index (χ2v) is 9.30. The van der Waals surface area contributed by atoms with E-state index in [4.69, 9.17) is 0 Å². The molecule has 0 amide bonds. The molecule has 2 heterocycles. The van der Waals surface area contributed by atoms with Crippen LogP contribution in [0.3, 0.4) is 0 Å². The van der Waals surface area contributed by atoms with Crippen LogP contribution in [0.2, 0.25) is 0 Å². The minimum Gasteiger partial charge on any atom is -0.296 e. The molecule has 3 unspecified atom stereocenters. The first-order chi connectivity index (χ1) is 12.0. The molecule has 0 N–H and O–H groups in total. The SMILES string of the molecule is CCCCCc1cc2c(cc1C)C1CC(C)C(CC(C)C)CN1CC2. The number of rotatable bonds is 6. The van der Waals surface area contributed by atoms with Crippen LogP contribution in [-0.4, -0.2) is 18.0 Å². The highest BCUT2D eigenvalue weighted by Crippen LogP contribution is 2.43. The maximum Gasteiger partial charge on any atom is 0.0353 e. The van der Waals surface area contributed by atoms with Gasteiger partial charge < -0.3 is 0 Å². The first kappa shape index (κ1) is 19.0. The lowest BCUT2D eigenvalue weighted by Gasteiger charge is -2.47. The molecule has 3 atom stereocenters. The third-order valence-electron chi connectivity index (χ3n) is 6.76. The summed E-state index contributed by atoms with van der Waals surface area (Å²) in [4.78, 5) is 2.81. The van der Waals surface area contributed by atoms with Crippen LogP contribution in [0.25, 0.3) is 0 Å². The summed E-state index contributed by atoms with van der Waals surface area (Å²) >= 11 is 0. The van der Waals surface area contributed by atoms with Gasteiger partial charge >= 0.3 is 0 Å². The van der Waals surface area contributed by atoms with Crippen LogP contribution in [0.5, 0.6) is 0 Å². The predicted molar refractivity (Wildman–Crippen MR) is 109 cm³/mol. The van der Waals surface area contributed by atoms with Gasteiger partial charge in [-0.3, -0.25) is 4.90 Å². The molecule has 0 aromatic heterocycles. The predicted octanol–water partition coefficient (Wildman–Crippen LogP) is 6.33. The molecule has 1 saturated heterocycles. The molecule has 1 fully saturated rings. The van der Waals surface area contributed by atoms with Crippen molar-refractivity contribution in [1.29, 1.82) is 0 Å². The van der Waals surface area contributed by atoms with E-state index in [-0.39, 0.29) is 0 Å². The van der Waals surface area contributed by atoms with Crippen molar-refractivity contribution in [2.24, 2.45) is 17.8 Å². The number of unbranched alkanes of at least 4 members (excludes halogenated alkanes) is 2. The van der Waals surface area contributed by atoms with Gasteiger partial charge in [0.05, 0.1) is 0 Å². The molecule has 2 aliphatic rings.